The standard InChI is InChI=1S/C40H34F2N2O2S/c1-25-9-11-29(19-27(25)3)35-7-5-17-43-39(35)31-13-15-33(37(41)21-31)23-47(45,46)24-34-16-14-32(22-38(34)42)40-36(8-6-18-44-40)30-12-10-26(2)28(4)20-30/h5-22H,23-24H2,1-4H3. The number of halogens is 2. The van der Waals surface area contributed by atoms with Crippen molar-refractivity contribution in [2.75, 3.05) is 0 Å². The molecule has 2 heterocycles. The highest BCUT2D eigenvalue weighted by atomic mass is 32.2. The van der Waals surface area contributed by atoms with Crippen molar-refractivity contribution in [3.8, 4) is 44.8 Å². The molecule has 0 spiro atoms. The smallest absolute Gasteiger partial charge is 0.158 e. The van der Waals surface area contributed by atoms with Gasteiger partial charge < -0.3 is 0 Å². The highest BCUT2D eigenvalue weighted by molar-refractivity contribution is 7.89. The average Bonchev–Trinajstić information content (AvgIpc) is 3.05. The van der Waals surface area contributed by atoms with Crippen LogP contribution in [0.2, 0.25) is 0 Å². The SMILES string of the molecule is Cc1ccc(-c2cccnc2-c2ccc(CS(=O)(=O)Cc3ccc(-c4ncccc4-c4ccc(C)c(C)c4)cc3F)c(F)c2)cc1C. The molecule has 0 radical (unpaired) electrons. The Morgan fingerprint density at radius 2 is 0.915 bits per heavy atom. The molecule has 0 atom stereocenters. The van der Waals surface area contributed by atoms with Crippen LogP contribution in [0.25, 0.3) is 44.8 Å². The lowest BCUT2D eigenvalue weighted by Crippen LogP contribution is -2.10. The molecule has 7 heteroatoms. The maximum absolute atomic E-state index is 15.4. The van der Waals surface area contributed by atoms with Crippen LogP contribution in [-0.2, 0) is 21.3 Å². The Balaban J connectivity index is 1.23. The normalized spacial score (nSPS) is 11.5. The van der Waals surface area contributed by atoms with Gasteiger partial charge >= 0.3 is 0 Å². The van der Waals surface area contributed by atoms with E-state index in [9.17, 15) is 8.42 Å². The summed E-state index contributed by atoms with van der Waals surface area (Å²) in [5.41, 5.74) is 10.5. The zero-order chi connectivity index (χ0) is 33.3. The summed E-state index contributed by atoms with van der Waals surface area (Å²) in [6.07, 6.45) is 3.29. The van der Waals surface area contributed by atoms with Gasteiger partial charge in [0.2, 0.25) is 0 Å². The Bertz CT molecular complexity index is 2090. The Kier molecular flexibility index (Phi) is 8.84. The molecule has 4 nitrogen and oxygen atoms in total. The zero-order valence-electron chi connectivity index (χ0n) is 26.7. The summed E-state index contributed by atoms with van der Waals surface area (Å²) >= 11 is 0. The van der Waals surface area contributed by atoms with Crippen LogP contribution < -0.4 is 0 Å². The molecule has 0 amide bonds. The fourth-order valence-corrected chi connectivity index (χ4v) is 7.22. The minimum Gasteiger partial charge on any atom is -0.256 e. The molecule has 6 rings (SSSR count). The first kappa shape index (κ1) is 32.0. The molecule has 0 fully saturated rings. The van der Waals surface area contributed by atoms with Crippen LogP contribution in [0, 0.1) is 39.3 Å². The van der Waals surface area contributed by atoms with E-state index in [-0.39, 0.29) is 11.1 Å². The number of benzene rings is 4. The van der Waals surface area contributed by atoms with E-state index in [4.69, 9.17) is 0 Å². The van der Waals surface area contributed by atoms with Gasteiger partial charge in [-0.15, -0.1) is 0 Å². The Morgan fingerprint density at radius 1 is 0.511 bits per heavy atom. The van der Waals surface area contributed by atoms with Crippen molar-refractivity contribution in [2.24, 2.45) is 0 Å². The second-order valence-electron chi connectivity index (χ2n) is 12.0. The fourth-order valence-electron chi connectivity index (χ4n) is 5.70. The fraction of sp³-hybridized carbons (Fsp3) is 0.150. The van der Waals surface area contributed by atoms with Crippen LogP contribution in [0.5, 0.6) is 0 Å². The second-order valence-corrected chi connectivity index (χ2v) is 14.1. The maximum atomic E-state index is 15.4. The van der Waals surface area contributed by atoms with Crippen molar-refractivity contribution < 1.29 is 17.2 Å². The first-order valence-corrected chi connectivity index (χ1v) is 17.1. The molecule has 0 saturated heterocycles. The largest absolute Gasteiger partial charge is 0.256 e. The van der Waals surface area contributed by atoms with E-state index in [0.29, 0.717) is 22.5 Å². The number of nitrogens with zero attached hydrogens (tertiary/aromatic N) is 2. The van der Waals surface area contributed by atoms with Gasteiger partial charge in [-0.1, -0.05) is 72.8 Å². The lowest BCUT2D eigenvalue weighted by atomic mass is 9.96. The number of hydrogen-bond donors (Lipinski definition) is 0. The Hall–Kier alpha value is -5.01. The van der Waals surface area contributed by atoms with Crippen molar-refractivity contribution in [2.45, 2.75) is 39.2 Å². The van der Waals surface area contributed by atoms with Gasteiger partial charge in [0.15, 0.2) is 9.84 Å². The second kappa shape index (κ2) is 13.0. The molecule has 0 unspecified atom stereocenters. The van der Waals surface area contributed by atoms with Gasteiger partial charge in [0.05, 0.1) is 22.9 Å². The van der Waals surface area contributed by atoms with Crippen LogP contribution >= 0.6 is 0 Å². The molecule has 236 valence electrons. The quantitative estimate of drug-likeness (QED) is 0.166. The van der Waals surface area contributed by atoms with Gasteiger partial charge in [0.25, 0.3) is 0 Å². The third-order valence-corrected chi connectivity index (χ3v) is 10.2. The number of pyridine rings is 2. The summed E-state index contributed by atoms with van der Waals surface area (Å²) in [7, 11) is -3.92. The van der Waals surface area contributed by atoms with Crippen molar-refractivity contribution in [3.63, 3.8) is 0 Å². The van der Waals surface area contributed by atoms with E-state index < -0.39 is 33.0 Å². The van der Waals surface area contributed by atoms with Gasteiger partial charge in [-0.05, 0) is 85.3 Å². The molecule has 0 saturated carbocycles. The minimum absolute atomic E-state index is 0.0148. The lowest BCUT2D eigenvalue weighted by Gasteiger charge is -2.13. The van der Waals surface area contributed by atoms with E-state index >= 15 is 8.78 Å². The summed E-state index contributed by atoms with van der Waals surface area (Å²) in [5.74, 6) is -2.45. The number of hydrogen-bond acceptors (Lipinski definition) is 4. The monoisotopic (exact) mass is 644 g/mol. The van der Waals surface area contributed by atoms with Gasteiger partial charge in [-0.3, -0.25) is 9.97 Å². The number of rotatable bonds is 8. The van der Waals surface area contributed by atoms with Crippen LogP contribution in [0.15, 0.2) is 109 Å². The highest BCUT2D eigenvalue weighted by Gasteiger charge is 2.20. The van der Waals surface area contributed by atoms with Crippen molar-refractivity contribution in [1.82, 2.24) is 9.97 Å². The summed E-state index contributed by atoms with van der Waals surface area (Å²) in [5, 5.41) is 0. The molecular formula is C40H34F2N2O2S. The Morgan fingerprint density at radius 3 is 1.30 bits per heavy atom. The summed E-state index contributed by atoms with van der Waals surface area (Å²) < 4.78 is 57.3. The molecular weight excluding hydrogens is 611 g/mol. The minimum atomic E-state index is -3.92. The molecule has 4 aromatic carbocycles. The summed E-state index contributed by atoms with van der Waals surface area (Å²) in [6.45, 7) is 8.15. The predicted molar refractivity (Wildman–Crippen MR) is 185 cm³/mol. The van der Waals surface area contributed by atoms with E-state index in [1.54, 1.807) is 24.5 Å². The molecule has 0 aliphatic carbocycles. The van der Waals surface area contributed by atoms with Gasteiger partial charge in [-0.2, -0.15) is 0 Å². The third-order valence-electron chi connectivity index (χ3n) is 8.66. The first-order chi connectivity index (χ1) is 22.5. The molecule has 6 aromatic rings. The molecule has 0 aliphatic heterocycles. The van der Waals surface area contributed by atoms with Crippen LogP contribution in [0.4, 0.5) is 8.78 Å². The van der Waals surface area contributed by atoms with Gasteiger partial charge in [0, 0.05) is 45.8 Å². The molecule has 0 aliphatic rings. The van der Waals surface area contributed by atoms with E-state index in [1.165, 1.54) is 35.4 Å². The van der Waals surface area contributed by atoms with Crippen molar-refractivity contribution >= 4 is 9.84 Å². The van der Waals surface area contributed by atoms with Crippen molar-refractivity contribution in [1.29, 1.82) is 0 Å². The number of sulfone groups is 1. The molecule has 2 aromatic heterocycles. The maximum Gasteiger partial charge on any atom is 0.158 e. The Labute approximate surface area is 274 Å². The van der Waals surface area contributed by atoms with Crippen LogP contribution in [0.3, 0.4) is 0 Å². The van der Waals surface area contributed by atoms with E-state index in [0.717, 1.165) is 33.4 Å². The lowest BCUT2D eigenvalue weighted by molar-refractivity contribution is 0.581. The highest BCUT2D eigenvalue weighted by Crippen LogP contribution is 2.34. The van der Waals surface area contributed by atoms with Crippen LogP contribution in [0.1, 0.15) is 33.4 Å². The average molecular weight is 645 g/mol. The van der Waals surface area contributed by atoms with Crippen LogP contribution in [-0.4, -0.2) is 18.4 Å². The van der Waals surface area contributed by atoms with Gasteiger partial charge in [0.1, 0.15) is 11.6 Å². The predicted octanol–water partition coefficient (Wildman–Crippen LogP) is 9.77. The van der Waals surface area contributed by atoms with Crippen molar-refractivity contribution in [3.05, 3.63) is 154 Å². The zero-order valence-corrected chi connectivity index (χ0v) is 27.5. The molecule has 0 N–H and O–H groups in total. The third kappa shape index (κ3) is 6.91. The number of aryl methyl sites for hydroxylation is 4. The first-order valence-electron chi connectivity index (χ1n) is 15.3. The molecule has 0 bridgehead atoms. The van der Waals surface area contributed by atoms with Gasteiger partial charge in [-0.25, -0.2) is 17.2 Å². The molecule has 47 heavy (non-hydrogen) atoms. The van der Waals surface area contributed by atoms with E-state index in [2.05, 4.69) is 22.1 Å². The summed E-state index contributed by atoms with van der Waals surface area (Å²) in [6, 6.07) is 28.7. The topological polar surface area (TPSA) is 59.9 Å². The van der Waals surface area contributed by atoms with E-state index in [1.807, 2.05) is 76.2 Å². The summed E-state index contributed by atoms with van der Waals surface area (Å²) in [4.78, 5) is 9.03. The number of aromatic nitrogens is 2.